The molecule has 10 nitrogen and oxygen atoms in total. The highest BCUT2D eigenvalue weighted by atomic mass is 16.1. The Balaban J connectivity index is 0.000000257. The summed E-state index contributed by atoms with van der Waals surface area (Å²) in [4.78, 5) is 36.2. The number of para-hydroxylation sites is 1. The summed E-state index contributed by atoms with van der Waals surface area (Å²) in [5.41, 5.74) is 13.8. The van der Waals surface area contributed by atoms with Crippen molar-refractivity contribution in [2.24, 2.45) is 12.8 Å². The molecule has 2 aromatic carbocycles. The van der Waals surface area contributed by atoms with E-state index in [1.807, 2.05) is 68.7 Å². The van der Waals surface area contributed by atoms with Crippen molar-refractivity contribution < 1.29 is 4.79 Å². The molecule has 3 aromatic heterocycles. The molecule has 5 rings (SSSR count). The molecular weight excluding hydrogens is 480 g/mol. The van der Waals surface area contributed by atoms with E-state index in [9.17, 15) is 9.59 Å². The van der Waals surface area contributed by atoms with Crippen molar-refractivity contribution in [2.45, 2.75) is 20.3 Å². The largest absolute Gasteiger partial charge is 0.382 e. The van der Waals surface area contributed by atoms with Gasteiger partial charge in [-0.1, -0.05) is 43.0 Å². The molecule has 5 aromatic rings. The fraction of sp³-hybridized carbons (Fsp3) is 0.143. The van der Waals surface area contributed by atoms with Crippen LogP contribution in [0.15, 0.2) is 71.9 Å². The maximum atomic E-state index is 13.4. The summed E-state index contributed by atoms with van der Waals surface area (Å²) in [6.45, 7) is 3.73. The van der Waals surface area contributed by atoms with Gasteiger partial charge in [-0.05, 0) is 31.2 Å². The van der Waals surface area contributed by atoms with Gasteiger partial charge in [0.15, 0.2) is 11.5 Å². The molecule has 0 radical (unpaired) electrons. The number of fused-ring (bicyclic) bond motifs is 1. The van der Waals surface area contributed by atoms with Crippen LogP contribution >= 0.6 is 0 Å². The maximum Gasteiger partial charge on any atom is 0.271 e. The predicted molar refractivity (Wildman–Crippen MR) is 146 cm³/mol. The van der Waals surface area contributed by atoms with E-state index in [4.69, 9.17) is 16.5 Å². The van der Waals surface area contributed by atoms with Crippen LogP contribution < -0.4 is 17.0 Å². The molecule has 0 spiro atoms. The molecule has 1 amide bonds. The van der Waals surface area contributed by atoms with Crippen molar-refractivity contribution in [3.63, 3.8) is 0 Å². The van der Waals surface area contributed by atoms with Gasteiger partial charge in [-0.3, -0.25) is 18.8 Å². The summed E-state index contributed by atoms with van der Waals surface area (Å²) in [7, 11) is 1.85. The molecule has 0 aliphatic carbocycles. The number of rotatable bonds is 3. The Morgan fingerprint density at radius 2 is 1.79 bits per heavy atom. The molecule has 0 atom stereocenters. The van der Waals surface area contributed by atoms with Gasteiger partial charge in [-0.15, -0.1) is 0 Å². The van der Waals surface area contributed by atoms with Crippen molar-refractivity contribution in [1.82, 2.24) is 29.3 Å². The molecule has 0 saturated heterocycles. The zero-order valence-corrected chi connectivity index (χ0v) is 21.2. The number of aromatic nitrogens is 6. The lowest BCUT2D eigenvalue weighted by atomic mass is 10.1. The third kappa shape index (κ3) is 5.57. The zero-order valence-electron chi connectivity index (χ0n) is 21.2. The second-order valence-corrected chi connectivity index (χ2v) is 8.32. The number of aryl methyl sites for hydroxylation is 3. The molecule has 0 unspecified atom stereocenters. The Bertz CT molecular complexity index is 1740. The van der Waals surface area contributed by atoms with Gasteiger partial charge in [0.1, 0.15) is 5.82 Å². The second kappa shape index (κ2) is 11.2. The number of amides is 1. The van der Waals surface area contributed by atoms with Crippen LogP contribution in [-0.2, 0) is 13.5 Å². The molecule has 10 heteroatoms. The number of hydrogen-bond donors (Lipinski definition) is 2. The minimum Gasteiger partial charge on any atom is -0.382 e. The number of hydrogen-bond acceptors (Lipinski definition) is 7. The minimum absolute atomic E-state index is 0.0237. The average molecular weight is 507 g/mol. The highest BCUT2D eigenvalue weighted by molar-refractivity contribution is 5.94. The van der Waals surface area contributed by atoms with Crippen molar-refractivity contribution >= 4 is 22.6 Å². The molecule has 38 heavy (non-hydrogen) atoms. The first-order chi connectivity index (χ1) is 18.3. The standard InChI is InChI=1S/C22H18N4O.C6H8N4O/c1-3-20-24-19-11-7-8-17(13-12-16-14-23-25(2)15-16)21(19)22(27)26(20)18-9-5-4-6-10-18;1-3-2-9-4(6(8)11)5(7)10-3/h4-11,14-15H,3H2,1-2H3;2H,1H3,(H2,7,10)(H2,8,11). The number of carbonyl (C=O) groups is 1. The van der Waals surface area contributed by atoms with Crippen molar-refractivity contribution in [3.05, 3.63) is 106 Å². The fourth-order valence-electron chi connectivity index (χ4n) is 3.77. The Labute approximate surface area is 219 Å². The monoisotopic (exact) mass is 506 g/mol. The quantitative estimate of drug-likeness (QED) is 0.357. The number of nitrogens with zero attached hydrogens (tertiary/aromatic N) is 6. The molecule has 0 fully saturated rings. The van der Waals surface area contributed by atoms with E-state index >= 15 is 0 Å². The summed E-state index contributed by atoms with van der Waals surface area (Å²) in [5.74, 6) is 6.35. The van der Waals surface area contributed by atoms with Gasteiger partial charge in [0, 0.05) is 31.4 Å². The molecule has 0 bridgehead atoms. The number of nitrogen functional groups attached to an aromatic ring is 1. The molecule has 0 aliphatic rings. The highest BCUT2D eigenvalue weighted by Gasteiger charge is 2.13. The van der Waals surface area contributed by atoms with Gasteiger partial charge < -0.3 is 11.5 Å². The first-order valence-corrected chi connectivity index (χ1v) is 11.8. The van der Waals surface area contributed by atoms with Crippen LogP contribution in [0.4, 0.5) is 5.82 Å². The van der Waals surface area contributed by atoms with Gasteiger partial charge in [0.05, 0.1) is 34.0 Å². The van der Waals surface area contributed by atoms with E-state index in [2.05, 4.69) is 26.9 Å². The molecule has 3 heterocycles. The molecular formula is C28H26N8O2. The van der Waals surface area contributed by atoms with Gasteiger partial charge >= 0.3 is 0 Å². The predicted octanol–water partition coefficient (Wildman–Crippen LogP) is 2.55. The summed E-state index contributed by atoms with van der Waals surface area (Å²) >= 11 is 0. The number of primary amides is 1. The lowest BCUT2D eigenvalue weighted by molar-refractivity contribution is 0.0996. The van der Waals surface area contributed by atoms with Crippen LogP contribution in [0.25, 0.3) is 16.6 Å². The van der Waals surface area contributed by atoms with Crippen molar-refractivity contribution in [2.75, 3.05) is 5.73 Å². The van der Waals surface area contributed by atoms with Crippen LogP contribution in [0.1, 0.15) is 40.1 Å². The van der Waals surface area contributed by atoms with Gasteiger partial charge in [0.2, 0.25) is 0 Å². The Kier molecular flexibility index (Phi) is 7.58. The molecule has 0 aliphatic heterocycles. The topological polar surface area (TPSA) is 148 Å². The number of carbonyl (C=O) groups excluding carboxylic acids is 1. The van der Waals surface area contributed by atoms with E-state index in [1.54, 1.807) is 22.4 Å². The molecule has 0 saturated carbocycles. The van der Waals surface area contributed by atoms with Crippen LogP contribution in [0.5, 0.6) is 0 Å². The van der Waals surface area contributed by atoms with Crippen LogP contribution in [0.3, 0.4) is 0 Å². The van der Waals surface area contributed by atoms with E-state index in [0.29, 0.717) is 28.6 Å². The lowest BCUT2D eigenvalue weighted by Crippen LogP contribution is -2.24. The summed E-state index contributed by atoms with van der Waals surface area (Å²) in [5, 5.41) is 4.66. The number of nitrogens with two attached hydrogens (primary N) is 2. The maximum absolute atomic E-state index is 13.4. The Hall–Kier alpha value is -5.30. The van der Waals surface area contributed by atoms with Crippen molar-refractivity contribution in [1.29, 1.82) is 0 Å². The van der Waals surface area contributed by atoms with Gasteiger partial charge in [-0.2, -0.15) is 5.10 Å². The highest BCUT2D eigenvalue weighted by Crippen LogP contribution is 2.17. The third-order valence-electron chi connectivity index (χ3n) is 5.50. The Morgan fingerprint density at radius 3 is 2.42 bits per heavy atom. The van der Waals surface area contributed by atoms with E-state index in [0.717, 1.165) is 17.1 Å². The number of anilines is 1. The van der Waals surface area contributed by atoms with E-state index in [-0.39, 0.29) is 17.1 Å². The van der Waals surface area contributed by atoms with E-state index in [1.165, 1.54) is 6.20 Å². The SMILES string of the molecule is CCc1nc2cccc(C#Cc3cnn(C)c3)c2c(=O)n1-c1ccccc1.Cc1cnc(C(N)=O)c(N)n1. The lowest BCUT2D eigenvalue weighted by Gasteiger charge is -2.13. The van der Waals surface area contributed by atoms with E-state index < -0.39 is 5.91 Å². The average Bonchev–Trinajstić information content (AvgIpc) is 3.32. The Morgan fingerprint density at radius 1 is 1.03 bits per heavy atom. The first-order valence-electron chi connectivity index (χ1n) is 11.8. The number of benzene rings is 2. The zero-order chi connectivity index (χ0) is 27.2. The van der Waals surface area contributed by atoms with Crippen LogP contribution in [0, 0.1) is 18.8 Å². The second-order valence-electron chi connectivity index (χ2n) is 8.32. The summed E-state index contributed by atoms with van der Waals surface area (Å²) < 4.78 is 3.38. The summed E-state index contributed by atoms with van der Waals surface area (Å²) in [6.07, 6.45) is 5.64. The summed E-state index contributed by atoms with van der Waals surface area (Å²) in [6, 6.07) is 15.2. The molecule has 190 valence electrons. The van der Waals surface area contributed by atoms with Gasteiger partial charge in [-0.25, -0.2) is 15.0 Å². The van der Waals surface area contributed by atoms with Gasteiger partial charge in [0.25, 0.3) is 11.5 Å². The smallest absolute Gasteiger partial charge is 0.271 e. The first kappa shape index (κ1) is 25.8. The minimum atomic E-state index is -0.657. The van der Waals surface area contributed by atoms with Crippen molar-refractivity contribution in [3.8, 4) is 17.5 Å². The molecule has 4 N–H and O–H groups in total. The van der Waals surface area contributed by atoms with Crippen LogP contribution in [0.2, 0.25) is 0 Å². The normalized spacial score (nSPS) is 10.3. The van der Waals surface area contributed by atoms with Crippen LogP contribution in [-0.4, -0.2) is 35.2 Å². The fourth-order valence-corrected chi connectivity index (χ4v) is 3.77. The third-order valence-corrected chi connectivity index (χ3v) is 5.50.